The predicted molar refractivity (Wildman–Crippen MR) is 257 cm³/mol. The Morgan fingerprint density at radius 1 is 0.317 bits per heavy atom. The van der Waals surface area contributed by atoms with Crippen molar-refractivity contribution in [3.05, 3.63) is 200 Å². The lowest BCUT2D eigenvalue weighted by Gasteiger charge is -2.15. The largest absolute Gasteiger partial charge is 0.456 e. The molecule has 1 aliphatic rings. The van der Waals surface area contributed by atoms with E-state index >= 15 is 0 Å². The van der Waals surface area contributed by atoms with Crippen LogP contribution in [0.3, 0.4) is 0 Å². The summed E-state index contributed by atoms with van der Waals surface area (Å²) in [5.41, 5.74) is 16.0. The molecule has 6 nitrogen and oxygen atoms in total. The number of nitrogens with zero attached hydrogens (tertiary/aromatic N) is 5. The van der Waals surface area contributed by atoms with Crippen molar-refractivity contribution < 1.29 is 4.42 Å². The number of benzene rings is 9. The molecule has 63 heavy (non-hydrogen) atoms. The van der Waals surface area contributed by atoms with Crippen molar-refractivity contribution in [2.45, 2.75) is 0 Å². The van der Waals surface area contributed by atoms with E-state index in [9.17, 15) is 0 Å². The van der Waals surface area contributed by atoms with E-state index in [1.165, 1.54) is 38.5 Å². The van der Waals surface area contributed by atoms with Crippen LogP contribution < -0.4 is 0 Å². The summed E-state index contributed by atoms with van der Waals surface area (Å²) in [7, 11) is 0. The SMILES string of the molecule is c1ccc(-c2ccc(-c3nc(-c4cccc5oc6ccccc6c45)nc(-n4c5ccccc5c5ccc6c7cccc8c7n(c6c54)-c4ccccc4-c4ccccc4-8)n3)cc2)cc1. The Morgan fingerprint density at radius 2 is 0.873 bits per heavy atom. The molecule has 14 rings (SSSR count). The first kappa shape index (κ1) is 34.1. The van der Waals surface area contributed by atoms with E-state index in [4.69, 9.17) is 19.4 Å². The van der Waals surface area contributed by atoms with E-state index in [1.807, 2.05) is 36.4 Å². The van der Waals surface area contributed by atoms with Gasteiger partial charge in [-0.05, 0) is 46.5 Å². The Bertz CT molecular complexity index is 4020. The van der Waals surface area contributed by atoms with Gasteiger partial charge in [0.25, 0.3) is 0 Å². The van der Waals surface area contributed by atoms with Crippen LogP contribution in [0.2, 0.25) is 0 Å². The molecular weight excluding hydrogens is 771 g/mol. The van der Waals surface area contributed by atoms with E-state index < -0.39 is 0 Å². The van der Waals surface area contributed by atoms with Crippen molar-refractivity contribution in [2.75, 3.05) is 0 Å². The fraction of sp³-hybridized carbons (Fsp3) is 0. The Kier molecular flexibility index (Phi) is 7.02. The van der Waals surface area contributed by atoms with Crippen LogP contribution in [-0.2, 0) is 0 Å². The molecule has 0 bridgehead atoms. The fourth-order valence-electron chi connectivity index (χ4n) is 10.2. The quantitative estimate of drug-likeness (QED) is 0.178. The second-order valence-corrected chi connectivity index (χ2v) is 16.3. The van der Waals surface area contributed by atoms with Crippen LogP contribution in [0.25, 0.3) is 133 Å². The first-order valence-electron chi connectivity index (χ1n) is 21.3. The summed E-state index contributed by atoms with van der Waals surface area (Å²) >= 11 is 0. The Labute approximate surface area is 360 Å². The molecule has 0 N–H and O–H groups in total. The van der Waals surface area contributed by atoms with Gasteiger partial charge in [0, 0.05) is 54.6 Å². The third-order valence-corrected chi connectivity index (χ3v) is 13.0. The van der Waals surface area contributed by atoms with Crippen LogP contribution >= 0.6 is 0 Å². The fourth-order valence-corrected chi connectivity index (χ4v) is 10.2. The van der Waals surface area contributed by atoms with Crippen molar-refractivity contribution in [2.24, 2.45) is 0 Å². The molecule has 0 unspecified atom stereocenters. The molecule has 1 aliphatic heterocycles. The Morgan fingerprint density at radius 3 is 1.73 bits per heavy atom. The number of aromatic nitrogens is 5. The van der Waals surface area contributed by atoms with E-state index in [1.54, 1.807) is 0 Å². The molecule has 6 heteroatoms. The predicted octanol–water partition coefficient (Wildman–Crippen LogP) is 14.6. The molecule has 0 fully saturated rings. The van der Waals surface area contributed by atoms with Crippen molar-refractivity contribution in [3.63, 3.8) is 0 Å². The zero-order valence-electron chi connectivity index (χ0n) is 33.7. The van der Waals surface area contributed by atoms with Gasteiger partial charge in [0.05, 0.1) is 27.8 Å². The van der Waals surface area contributed by atoms with E-state index in [0.29, 0.717) is 17.6 Å². The molecule has 292 valence electrons. The summed E-state index contributed by atoms with van der Waals surface area (Å²) in [6.45, 7) is 0. The highest BCUT2D eigenvalue weighted by Crippen LogP contribution is 2.49. The lowest BCUT2D eigenvalue weighted by molar-refractivity contribution is 0.669. The van der Waals surface area contributed by atoms with Gasteiger partial charge in [0.15, 0.2) is 11.6 Å². The summed E-state index contributed by atoms with van der Waals surface area (Å²) in [4.78, 5) is 16.3. The summed E-state index contributed by atoms with van der Waals surface area (Å²) in [5.74, 6) is 1.69. The molecule has 4 aromatic heterocycles. The van der Waals surface area contributed by atoms with E-state index in [2.05, 4.69) is 173 Å². The number of hydrogen-bond acceptors (Lipinski definition) is 4. The monoisotopic (exact) mass is 803 g/mol. The van der Waals surface area contributed by atoms with Crippen LogP contribution in [0.5, 0.6) is 0 Å². The summed E-state index contributed by atoms with van der Waals surface area (Å²) in [5, 5.41) is 6.60. The van der Waals surface area contributed by atoms with Crippen molar-refractivity contribution >= 4 is 65.6 Å². The molecule has 13 aromatic rings. The highest BCUT2D eigenvalue weighted by molar-refractivity contribution is 6.26. The van der Waals surface area contributed by atoms with Crippen LogP contribution in [0, 0.1) is 0 Å². The second-order valence-electron chi connectivity index (χ2n) is 16.3. The van der Waals surface area contributed by atoms with Gasteiger partial charge in [-0.2, -0.15) is 9.97 Å². The maximum absolute atomic E-state index is 6.40. The van der Waals surface area contributed by atoms with Crippen molar-refractivity contribution in [1.29, 1.82) is 0 Å². The molecule has 0 saturated carbocycles. The van der Waals surface area contributed by atoms with Crippen LogP contribution in [0.4, 0.5) is 0 Å². The number of para-hydroxylation sites is 4. The van der Waals surface area contributed by atoms with Gasteiger partial charge in [-0.25, -0.2) is 4.98 Å². The highest BCUT2D eigenvalue weighted by Gasteiger charge is 2.28. The van der Waals surface area contributed by atoms with Crippen LogP contribution in [0.15, 0.2) is 205 Å². The minimum absolute atomic E-state index is 0.536. The molecular formula is C57H33N5O. The maximum Gasteiger partial charge on any atom is 0.238 e. The number of furan rings is 1. The first-order valence-corrected chi connectivity index (χ1v) is 21.3. The topological polar surface area (TPSA) is 61.7 Å². The Balaban J connectivity index is 1.12. The molecule has 0 atom stereocenters. The third-order valence-electron chi connectivity index (χ3n) is 13.0. The smallest absolute Gasteiger partial charge is 0.238 e. The molecule has 0 aliphatic carbocycles. The van der Waals surface area contributed by atoms with Gasteiger partial charge in [-0.15, -0.1) is 0 Å². The molecule has 0 amide bonds. The molecule has 0 radical (unpaired) electrons. The summed E-state index contributed by atoms with van der Waals surface area (Å²) < 4.78 is 11.2. The molecule has 0 saturated heterocycles. The minimum atomic E-state index is 0.536. The summed E-state index contributed by atoms with van der Waals surface area (Å²) in [6.07, 6.45) is 0. The third kappa shape index (κ3) is 4.86. The van der Waals surface area contributed by atoms with Gasteiger partial charge in [-0.3, -0.25) is 4.57 Å². The zero-order chi connectivity index (χ0) is 41.2. The number of hydrogen-bond donors (Lipinski definition) is 0. The van der Waals surface area contributed by atoms with Gasteiger partial charge >= 0.3 is 0 Å². The van der Waals surface area contributed by atoms with Crippen molar-refractivity contribution in [1.82, 2.24) is 24.1 Å². The molecule has 0 spiro atoms. The average molecular weight is 804 g/mol. The van der Waals surface area contributed by atoms with Gasteiger partial charge in [0.1, 0.15) is 11.2 Å². The number of rotatable bonds is 4. The second kappa shape index (κ2) is 12.9. The van der Waals surface area contributed by atoms with Crippen LogP contribution in [0.1, 0.15) is 0 Å². The first-order chi connectivity index (χ1) is 31.3. The summed E-state index contributed by atoms with van der Waals surface area (Å²) in [6, 6.07) is 70.8. The van der Waals surface area contributed by atoms with Crippen LogP contribution in [-0.4, -0.2) is 24.1 Å². The molecule has 5 heterocycles. The minimum Gasteiger partial charge on any atom is -0.456 e. The van der Waals surface area contributed by atoms with Gasteiger partial charge in [0.2, 0.25) is 5.95 Å². The Hall–Kier alpha value is -8.61. The normalized spacial score (nSPS) is 12.1. The van der Waals surface area contributed by atoms with E-state index in [-0.39, 0.29) is 0 Å². The lowest BCUT2D eigenvalue weighted by Crippen LogP contribution is -2.07. The number of fused-ring (bicyclic) bond motifs is 15. The van der Waals surface area contributed by atoms with Crippen molar-refractivity contribution in [3.8, 4) is 67.8 Å². The molecule has 9 aromatic carbocycles. The van der Waals surface area contributed by atoms with Gasteiger partial charge < -0.3 is 8.98 Å². The zero-order valence-corrected chi connectivity index (χ0v) is 33.7. The van der Waals surface area contributed by atoms with Gasteiger partial charge in [-0.1, -0.05) is 176 Å². The standard InChI is InChI=1S/C57H33N5O/c1-2-14-34(15-3-1)35-28-30-36(31-29-35)55-58-56(46-23-13-27-50-51(46)45-20-8-11-26-49(45)63-50)60-57(59-55)62-48-25-10-7-19-40(48)43-32-33-44-42-22-12-21-41-38-17-5-4-16-37(38)39-18-6-9-24-47(39)61(52(41)42)53(44)54(43)62/h1-33H. The maximum atomic E-state index is 6.40. The lowest BCUT2D eigenvalue weighted by atomic mass is 9.94. The highest BCUT2D eigenvalue weighted by atomic mass is 16.3. The van der Waals surface area contributed by atoms with E-state index in [0.717, 1.165) is 77.2 Å². The average Bonchev–Trinajstić information content (AvgIpc) is 3.99.